The van der Waals surface area contributed by atoms with Gasteiger partial charge in [-0.25, -0.2) is 0 Å². The van der Waals surface area contributed by atoms with Crippen LogP contribution in [0.4, 0.5) is 0 Å². The zero-order valence-electron chi connectivity index (χ0n) is 15.1. The summed E-state index contributed by atoms with van der Waals surface area (Å²) in [6.45, 7) is 9.39. The van der Waals surface area contributed by atoms with Crippen LogP contribution in [-0.2, 0) is 0 Å². The first kappa shape index (κ1) is 19.1. The van der Waals surface area contributed by atoms with Crippen LogP contribution in [0.15, 0.2) is 22.6 Å². The maximum atomic E-state index is 12.3. The molecule has 0 aliphatic heterocycles. The number of thiocarbonyl (C=S) groups is 1. The van der Waals surface area contributed by atoms with E-state index in [1.54, 1.807) is 6.07 Å². The summed E-state index contributed by atoms with van der Waals surface area (Å²) in [5, 5.41) is 4.27. The number of nitrogens with one attached hydrogen (secondary N) is 3. The highest BCUT2D eigenvalue weighted by atomic mass is 32.1. The van der Waals surface area contributed by atoms with Crippen LogP contribution in [0.5, 0.6) is 5.75 Å². The Morgan fingerprint density at radius 1 is 1.32 bits per heavy atom. The Labute approximate surface area is 153 Å². The van der Waals surface area contributed by atoms with E-state index in [9.17, 15) is 4.79 Å². The Hall–Kier alpha value is -2.28. The number of carbonyl (C=O) groups excluding carboxylic acids is 1. The molecule has 7 heteroatoms. The molecule has 1 heterocycles. The van der Waals surface area contributed by atoms with Gasteiger partial charge in [0.05, 0.1) is 6.61 Å². The predicted octanol–water partition coefficient (Wildman–Crippen LogP) is 3.29. The number of benzene rings is 1. The molecule has 0 bridgehead atoms. The summed E-state index contributed by atoms with van der Waals surface area (Å²) in [6.07, 6.45) is 1.00. The molecule has 0 aliphatic rings. The summed E-state index contributed by atoms with van der Waals surface area (Å²) in [6, 6.07) is 5.50. The van der Waals surface area contributed by atoms with Crippen molar-refractivity contribution in [1.29, 1.82) is 0 Å². The van der Waals surface area contributed by atoms with E-state index in [0.29, 0.717) is 23.2 Å². The normalized spacial score (nSPS) is 10.8. The van der Waals surface area contributed by atoms with E-state index in [-0.39, 0.29) is 11.7 Å². The fourth-order valence-electron chi connectivity index (χ4n) is 2.36. The smallest absolute Gasteiger partial charge is 0.305 e. The Kier molecular flexibility index (Phi) is 6.64. The lowest BCUT2D eigenvalue weighted by molar-refractivity contribution is 0.0917. The molecule has 2 aromatic rings. The minimum atomic E-state index is -0.375. The second-order valence-electron chi connectivity index (χ2n) is 6.16. The average molecular weight is 363 g/mol. The zero-order valence-corrected chi connectivity index (χ0v) is 15.9. The Balaban J connectivity index is 1.99. The molecular weight excluding hydrogens is 338 g/mol. The van der Waals surface area contributed by atoms with Gasteiger partial charge in [-0.3, -0.25) is 15.6 Å². The molecule has 6 nitrogen and oxygen atoms in total. The van der Waals surface area contributed by atoms with Gasteiger partial charge in [-0.15, -0.1) is 0 Å². The first-order valence-corrected chi connectivity index (χ1v) is 8.83. The lowest BCUT2D eigenvalue weighted by Gasteiger charge is -2.11. The van der Waals surface area contributed by atoms with Crippen molar-refractivity contribution in [1.82, 2.24) is 16.2 Å². The minimum Gasteiger partial charge on any atom is -0.494 e. The highest BCUT2D eigenvalue weighted by Crippen LogP contribution is 2.28. The topological polar surface area (TPSA) is 75.5 Å². The van der Waals surface area contributed by atoms with Crippen LogP contribution in [0, 0.1) is 12.8 Å². The standard InChI is InChI=1S/C18H25N3O3S/c1-5-23-13-6-7-15-14(10-13)12(4)16(24-15)17(22)20-21-18(25)19-9-8-11(2)3/h6-7,10-11H,5,8-9H2,1-4H3,(H,20,22)(H2,19,21,25). The van der Waals surface area contributed by atoms with E-state index in [4.69, 9.17) is 21.4 Å². The first-order chi connectivity index (χ1) is 11.9. The third kappa shape index (κ3) is 5.09. The Bertz CT molecular complexity index is 755. The third-order valence-electron chi connectivity index (χ3n) is 3.72. The molecule has 1 aromatic carbocycles. The Morgan fingerprint density at radius 2 is 2.08 bits per heavy atom. The van der Waals surface area contributed by atoms with Crippen molar-refractivity contribution < 1.29 is 13.9 Å². The van der Waals surface area contributed by atoms with Gasteiger partial charge < -0.3 is 14.5 Å². The molecule has 1 aromatic heterocycles. The molecule has 1 amide bonds. The quantitative estimate of drug-likeness (QED) is 0.540. The van der Waals surface area contributed by atoms with Crippen molar-refractivity contribution in [2.75, 3.05) is 13.2 Å². The minimum absolute atomic E-state index is 0.251. The molecule has 0 saturated heterocycles. The van der Waals surface area contributed by atoms with Gasteiger partial charge in [0, 0.05) is 17.5 Å². The van der Waals surface area contributed by atoms with E-state index >= 15 is 0 Å². The summed E-state index contributed by atoms with van der Waals surface area (Å²) < 4.78 is 11.2. The highest BCUT2D eigenvalue weighted by molar-refractivity contribution is 7.80. The molecule has 0 unspecified atom stereocenters. The summed E-state index contributed by atoms with van der Waals surface area (Å²) in [4.78, 5) is 12.3. The van der Waals surface area contributed by atoms with Gasteiger partial charge in [-0.2, -0.15) is 0 Å². The molecule has 0 saturated carbocycles. The lowest BCUT2D eigenvalue weighted by atomic mass is 10.1. The summed E-state index contributed by atoms with van der Waals surface area (Å²) in [5.41, 5.74) is 6.66. The third-order valence-corrected chi connectivity index (χ3v) is 3.97. The number of hydrogen-bond donors (Lipinski definition) is 3. The van der Waals surface area contributed by atoms with Crippen LogP contribution in [0.3, 0.4) is 0 Å². The largest absolute Gasteiger partial charge is 0.494 e. The van der Waals surface area contributed by atoms with Crippen LogP contribution in [-0.4, -0.2) is 24.2 Å². The van der Waals surface area contributed by atoms with Gasteiger partial charge >= 0.3 is 5.91 Å². The summed E-state index contributed by atoms with van der Waals surface area (Å²) in [7, 11) is 0. The number of hydrazine groups is 1. The van der Waals surface area contributed by atoms with Gasteiger partial charge in [-0.1, -0.05) is 13.8 Å². The van der Waals surface area contributed by atoms with Crippen LogP contribution >= 0.6 is 12.2 Å². The van der Waals surface area contributed by atoms with Crippen LogP contribution in [0.25, 0.3) is 11.0 Å². The molecule has 0 spiro atoms. The number of aryl methyl sites for hydroxylation is 1. The fraction of sp³-hybridized carbons (Fsp3) is 0.444. The first-order valence-electron chi connectivity index (χ1n) is 8.42. The molecular formula is C18H25N3O3S. The number of ether oxygens (including phenoxy) is 1. The molecule has 0 radical (unpaired) electrons. The van der Waals surface area contributed by atoms with E-state index in [0.717, 1.165) is 29.7 Å². The van der Waals surface area contributed by atoms with Gasteiger partial charge in [0.25, 0.3) is 0 Å². The maximum absolute atomic E-state index is 12.3. The number of hydrogen-bond acceptors (Lipinski definition) is 4. The van der Waals surface area contributed by atoms with Crippen molar-refractivity contribution in [3.63, 3.8) is 0 Å². The lowest BCUT2D eigenvalue weighted by Crippen LogP contribution is -2.47. The van der Waals surface area contributed by atoms with Crippen LogP contribution in [0.1, 0.15) is 43.3 Å². The molecule has 25 heavy (non-hydrogen) atoms. The van der Waals surface area contributed by atoms with Crippen molar-refractivity contribution in [3.05, 3.63) is 29.5 Å². The molecule has 136 valence electrons. The molecule has 0 fully saturated rings. The molecule has 0 aliphatic carbocycles. The number of fused-ring (bicyclic) bond motifs is 1. The molecule has 0 atom stereocenters. The summed E-state index contributed by atoms with van der Waals surface area (Å²) in [5.74, 6) is 1.21. The van der Waals surface area contributed by atoms with E-state index < -0.39 is 0 Å². The van der Waals surface area contributed by atoms with Gasteiger partial charge in [0.2, 0.25) is 0 Å². The zero-order chi connectivity index (χ0) is 18.4. The highest BCUT2D eigenvalue weighted by Gasteiger charge is 2.18. The van der Waals surface area contributed by atoms with Gasteiger partial charge in [0.1, 0.15) is 11.3 Å². The van der Waals surface area contributed by atoms with Crippen molar-refractivity contribution in [2.24, 2.45) is 5.92 Å². The second kappa shape index (κ2) is 8.71. The van der Waals surface area contributed by atoms with E-state index in [1.165, 1.54) is 0 Å². The van der Waals surface area contributed by atoms with Crippen molar-refractivity contribution in [2.45, 2.75) is 34.1 Å². The van der Waals surface area contributed by atoms with Gasteiger partial charge in [-0.05, 0) is 56.6 Å². The Morgan fingerprint density at radius 3 is 2.76 bits per heavy atom. The summed E-state index contributed by atoms with van der Waals surface area (Å²) >= 11 is 5.13. The fourth-order valence-corrected chi connectivity index (χ4v) is 2.52. The van der Waals surface area contributed by atoms with Crippen molar-refractivity contribution in [3.8, 4) is 5.75 Å². The average Bonchev–Trinajstić information content (AvgIpc) is 2.89. The van der Waals surface area contributed by atoms with E-state index in [2.05, 4.69) is 30.0 Å². The monoisotopic (exact) mass is 363 g/mol. The predicted molar refractivity (Wildman–Crippen MR) is 103 cm³/mol. The molecule has 2 rings (SSSR count). The van der Waals surface area contributed by atoms with Crippen molar-refractivity contribution >= 4 is 34.2 Å². The second-order valence-corrected chi connectivity index (χ2v) is 6.57. The number of rotatable bonds is 6. The SMILES string of the molecule is CCOc1ccc2oc(C(=O)NNC(=S)NCCC(C)C)c(C)c2c1. The maximum Gasteiger partial charge on any atom is 0.305 e. The molecule has 3 N–H and O–H groups in total. The number of amides is 1. The van der Waals surface area contributed by atoms with Crippen LogP contribution < -0.4 is 20.9 Å². The number of furan rings is 1. The van der Waals surface area contributed by atoms with E-state index in [1.807, 2.05) is 26.0 Å². The van der Waals surface area contributed by atoms with Crippen LogP contribution in [0.2, 0.25) is 0 Å². The number of carbonyl (C=O) groups is 1. The van der Waals surface area contributed by atoms with Gasteiger partial charge in [0.15, 0.2) is 10.9 Å².